The average molecular weight is 556 g/mol. The molecule has 0 saturated carbocycles. The van der Waals surface area contributed by atoms with Gasteiger partial charge in [0.15, 0.2) is 0 Å². The van der Waals surface area contributed by atoms with Gasteiger partial charge in [0.05, 0.1) is 24.8 Å². The summed E-state index contributed by atoms with van der Waals surface area (Å²) in [6.45, 7) is 12.8. The number of anilines is 1. The van der Waals surface area contributed by atoms with E-state index < -0.39 is 17.8 Å². The number of hydrogen-bond donors (Lipinski definition) is 1. The first kappa shape index (κ1) is 28.2. The minimum atomic E-state index is -0.807. The van der Waals surface area contributed by atoms with E-state index in [9.17, 15) is 9.59 Å². The lowest BCUT2D eigenvalue weighted by Crippen LogP contribution is -2.62. The summed E-state index contributed by atoms with van der Waals surface area (Å²) in [5.41, 5.74) is 3.52. The van der Waals surface area contributed by atoms with Gasteiger partial charge in [-0.15, -0.1) is 0 Å². The Bertz CT molecular complexity index is 1530. The molecule has 2 aliphatic heterocycles. The fourth-order valence-corrected chi connectivity index (χ4v) is 5.60. The second-order valence-corrected chi connectivity index (χ2v) is 11.2. The number of rotatable bonds is 9. The first-order chi connectivity index (χ1) is 19.6. The Labute approximate surface area is 241 Å². The van der Waals surface area contributed by atoms with Crippen molar-refractivity contribution in [2.45, 2.75) is 51.7 Å². The van der Waals surface area contributed by atoms with Crippen molar-refractivity contribution in [3.05, 3.63) is 77.9 Å². The SMILES string of the molecule is C=C(C)C(=O)OCCNC(=O)OCCCCN1c2ccc(C)cc2C(C)(C)C12C=Nc1c(ccc3ccccc13)O2. The smallest absolute Gasteiger partial charge is 0.407 e. The van der Waals surface area contributed by atoms with Gasteiger partial charge >= 0.3 is 12.1 Å². The van der Waals surface area contributed by atoms with Gasteiger partial charge in [-0.25, -0.2) is 9.59 Å². The van der Waals surface area contributed by atoms with E-state index >= 15 is 0 Å². The molecular weight excluding hydrogens is 518 g/mol. The van der Waals surface area contributed by atoms with Crippen LogP contribution in [0.15, 0.2) is 71.7 Å². The molecule has 2 heterocycles. The summed E-state index contributed by atoms with van der Waals surface area (Å²) in [5, 5.41) is 4.78. The van der Waals surface area contributed by atoms with Crippen LogP contribution in [0.1, 0.15) is 44.7 Å². The molecule has 1 spiro atoms. The summed E-state index contributed by atoms with van der Waals surface area (Å²) in [4.78, 5) is 30.8. The van der Waals surface area contributed by atoms with Gasteiger partial charge in [-0.2, -0.15) is 0 Å². The molecule has 214 valence electrons. The van der Waals surface area contributed by atoms with E-state index in [-0.39, 0.29) is 25.2 Å². The first-order valence-corrected chi connectivity index (χ1v) is 14.0. The molecule has 0 radical (unpaired) electrons. The number of esters is 1. The molecule has 2 aliphatic rings. The highest BCUT2D eigenvalue weighted by Crippen LogP contribution is 2.55. The molecule has 3 aromatic carbocycles. The van der Waals surface area contributed by atoms with Gasteiger partial charge in [-0.05, 0) is 63.6 Å². The van der Waals surface area contributed by atoms with Gasteiger partial charge in [0.25, 0.3) is 0 Å². The molecule has 1 amide bonds. The third kappa shape index (κ3) is 5.26. The highest BCUT2D eigenvalue weighted by Gasteiger charge is 2.59. The summed E-state index contributed by atoms with van der Waals surface area (Å²) in [6.07, 6.45) is 2.88. The number of nitrogens with zero attached hydrogens (tertiary/aromatic N) is 2. The maximum atomic E-state index is 12.0. The van der Waals surface area contributed by atoms with Crippen LogP contribution >= 0.6 is 0 Å². The van der Waals surface area contributed by atoms with E-state index in [4.69, 9.17) is 19.2 Å². The number of amides is 1. The number of carbonyl (C=O) groups is 2. The third-order valence-electron chi connectivity index (χ3n) is 7.87. The van der Waals surface area contributed by atoms with Crippen LogP contribution < -0.4 is 15.0 Å². The second kappa shape index (κ2) is 11.3. The monoisotopic (exact) mass is 555 g/mol. The molecule has 5 rings (SSSR count). The minimum Gasteiger partial charge on any atom is -0.460 e. The zero-order chi connectivity index (χ0) is 29.2. The molecule has 41 heavy (non-hydrogen) atoms. The number of ether oxygens (including phenoxy) is 3. The molecule has 0 bridgehead atoms. The van der Waals surface area contributed by atoms with Crippen LogP contribution in [0.2, 0.25) is 0 Å². The predicted octanol–water partition coefficient (Wildman–Crippen LogP) is 6.36. The summed E-state index contributed by atoms with van der Waals surface area (Å²) < 4.78 is 17.3. The van der Waals surface area contributed by atoms with Gasteiger partial charge in [-0.1, -0.05) is 54.6 Å². The van der Waals surface area contributed by atoms with E-state index in [0.717, 1.165) is 34.3 Å². The zero-order valence-electron chi connectivity index (χ0n) is 24.2. The lowest BCUT2D eigenvalue weighted by atomic mass is 9.77. The molecule has 0 saturated heterocycles. The van der Waals surface area contributed by atoms with Crippen LogP contribution in [-0.2, 0) is 19.7 Å². The lowest BCUT2D eigenvalue weighted by Gasteiger charge is -2.46. The van der Waals surface area contributed by atoms with Crippen LogP contribution in [0, 0.1) is 6.92 Å². The third-order valence-corrected chi connectivity index (χ3v) is 7.87. The molecule has 1 N–H and O–H groups in total. The standard InChI is InChI=1S/C33H37N3O5/c1-22(2)30(37)39-19-16-34-31(38)40-18-9-8-17-36-27-14-12-23(3)20-26(27)32(4,5)33(36)21-35-29-25-11-7-6-10-24(25)13-15-28(29)41-33/h6-7,10-15,20-21H,1,8-9,16-19H2,2-5H3,(H,34,38). The van der Waals surface area contributed by atoms with Crippen LogP contribution in [0.4, 0.5) is 16.2 Å². The Kier molecular flexibility index (Phi) is 7.76. The minimum absolute atomic E-state index is 0.0625. The molecule has 1 atom stereocenters. The van der Waals surface area contributed by atoms with Gasteiger partial charge in [0.1, 0.15) is 18.0 Å². The molecule has 3 aromatic rings. The van der Waals surface area contributed by atoms with Crippen LogP contribution in [0.25, 0.3) is 10.8 Å². The van der Waals surface area contributed by atoms with E-state index in [1.54, 1.807) is 6.92 Å². The number of benzene rings is 3. The first-order valence-electron chi connectivity index (χ1n) is 14.0. The van der Waals surface area contributed by atoms with Crippen molar-refractivity contribution >= 4 is 40.4 Å². The highest BCUT2D eigenvalue weighted by molar-refractivity contribution is 5.99. The Morgan fingerprint density at radius 1 is 1.05 bits per heavy atom. The predicted molar refractivity (Wildman–Crippen MR) is 161 cm³/mol. The van der Waals surface area contributed by atoms with Crippen LogP contribution in [0.3, 0.4) is 0 Å². The van der Waals surface area contributed by atoms with Gasteiger partial charge in [0, 0.05) is 23.2 Å². The van der Waals surface area contributed by atoms with E-state index in [2.05, 4.69) is 74.0 Å². The highest BCUT2D eigenvalue weighted by atomic mass is 16.6. The number of aliphatic imine (C=N–C) groups is 1. The van der Waals surface area contributed by atoms with E-state index in [0.29, 0.717) is 18.5 Å². The Hall–Kier alpha value is -4.33. The van der Waals surface area contributed by atoms with Crippen molar-refractivity contribution in [1.29, 1.82) is 0 Å². The zero-order valence-corrected chi connectivity index (χ0v) is 24.2. The molecule has 8 nitrogen and oxygen atoms in total. The van der Waals surface area contributed by atoms with Gasteiger partial charge in [0.2, 0.25) is 5.72 Å². The van der Waals surface area contributed by atoms with Crippen molar-refractivity contribution < 1.29 is 23.8 Å². The molecule has 8 heteroatoms. The number of alkyl carbamates (subject to hydrolysis) is 1. The number of hydrogen-bond acceptors (Lipinski definition) is 7. The van der Waals surface area contributed by atoms with Gasteiger partial charge < -0.3 is 24.4 Å². The summed E-state index contributed by atoms with van der Waals surface area (Å²) in [5.74, 6) is 0.284. The Morgan fingerprint density at radius 2 is 1.85 bits per heavy atom. The van der Waals surface area contributed by atoms with E-state index in [1.807, 2.05) is 24.4 Å². The lowest BCUT2D eigenvalue weighted by molar-refractivity contribution is -0.138. The van der Waals surface area contributed by atoms with Gasteiger partial charge in [-0.3, -0.25) is 4.99 Å². The summed E-state index contributed by atoms with van der Waals surface area (Å²) in [6, 6.07) is 18.8. The maximum Gasteiger partial charge on any atom is 0.407 e. The number of fused-ring (bicyclic) bond motifs is 4. The van der Waals surface area contributed by atoms with Crippen LogP contribution in [0.5, 0.6) is 5.75 Å². The van der Waals surface area contributed by atoms with Crippen molar-refractivity contribution in [1.82, 2.24) is 5.32 Å². The number of unbranched alkanes of at least 4 members (excludes halogenated alkanes) is 1. The molecular formula is C33H37N3O5. The average Bonchev–Trinajstić information content (AvgIpc) is 3.12. The van der Waals surface area contributed by atoms with Crippen molar-refractivity contribution in [3.63, 3.8) is 0 Å². The number of nitrogens with one attached hydrogen (secondary N) is 1. The van der Waals surface area contributed by atoms with Crippen molar-refractivity contribution in [2.75, 3.05) is 31.2 Å². The summed E-state index contributed by atoms with van der Waals surface area (Å²) >= 11 is 0. The normalized spacial score (nSPS) is 18.0. The Morgan fingerprint density at radius 3 is 2.66 bits per heavy atom. The molecule has 0 fully saturated rings. The number of aryl methyl sites for hydroxylation is 1. The topological polar surface area (TPSA) is 89.5 Å². The quantitative estimate of drug-likeness (QED) is 0.188. The molecule has 0 aromatic heterocycles. The second-order valence-electron chi connectivity index (χ2n) is 11.2. The van der Waals surface area contributed by atoms with Crippen molar-refractivity contribution in [3.8, 4) is 5.75 Å². The fourth-order valence-electron chi connectivity index (χ4n) is 5.60. The molecule has 0 aliphatic carbocycles. The maximum absolute atomic E-state index is 12.0. The fraction of sp³-hybridized carbons (Fsp3) is 0.364. The van der Waals surface area contributed by atoms with Crippen molar-refractivity contribution in [2.24, 2.45) is 4.99 Å². The molecule has 1 unspecified atom stereocenters. The van der Waals surface area contributed by atoms with E-state index in [1.165, 1.54) is 11.1 Å². The van der Waals surface area contributed by atoms with Crippen LogP contribution in [-0.4, -0.2) is 50.3 Å². The largest absolute Gasteiger partial charge is 0.460 e. The summed E-state index contributed by atoms with van der Waals surface area (Å²) in [7, 11) is 0. The number of carbonyl (C=O) groups excluding carboxylic acids is 2. The Balaban J connectivity index is 1.27.